The highest BCUT2D eigenvalue weighted by Gasteiger charge is 2.23. The molecular formula is C10H17NO2. The van der Waals surface area contributed by atoms with E-state index in [-0.39, 0.29) is 0 Å². The van der Waals surface area contributed by atoms with Crippen molar-refractivity contribution in [3.63, 3.8) is 0 Å². The maximum absolute atomic E-state index is 11.7. The maximum Gasteiger partial charge on any atom is 0.222 e. The molecule has 0 saturated carbocycles. The first kappa shape index (κ1) is 9.00. The first-order valence-corrected chi connectivity index (χ1v) is 5.22. The molecule has 2 aliphatic rings. The van der Waals surface area contributed by atoms with Crippen LogP contribution in [0.25, 0.3) is 0 Å². The van der Waals surface area contributed by atoms with Gasteiger partial charge in [0.1, 0.15) is 0 Å². The lowest BCUT2D eigenvalue weighted by Gasteiger charge is -2.16. The van der Waals surface area contributed by atoms with Gasteiger partial charge in [0.15, 0.2) is 0 Å². The predicted octanol–water partition coefficient (Wildman–Crippen LogP) is 1.04. The van der Waals surface area contributed by atoms with Gasteiger partial charge < -0.3 is 9.64 Å². The van der Waals surface area contributed by atoms with Crippen LogP contribution in [-0.4, -0.2) is 37.1 Å². The van der Waals surface area contributed by atoms with Crippen molar-refractivity contribution >= 4 is 5.91 Å². The lowest BCUT2D eigenvalue weighted by Crippen LogP contribution is -2.29. The smallest absolute Gasteiger partial charge is 0.222 e. The second kappa shape index (κ2) is 4.09. The molecule has 1 atom stereocenters. The van der Waals surface area contributed by atoms with Crippen LogP contribution in [0.5, 0.6) is 0 Å². The van der Waals surface area contributed by atoms with Crippen LogP contribution in [0.1, 0.15) is 25.7 Å². The Bertz CT molecular complexity index is 181. The minimum absolute atomic E-state index is 0.341. The molecule has 3 nitrogen and oxygen atoms in total. The van der Waals surface area contributed by atoms with Crippen molar-refractivity contribution in [2.24, 2.45) is 5.92 Å². The fourth-order valence-corrected chi connectivity index (χ4v) is 2.09. The van der Waals surface area contributed by atoms with Gasteiger partial charge in [-0.2, -0.15) is 0 Å². The largest absolute Gasteiger partial charge is 0.381 e. The fraction of sp³-hybridized carbons (Fsp3) is 0.900. The lowest BCUT2D eigenvalue weighted by molar-refractivity contribution is -0.131. The zero-order valence-corrected chi connectivity index (χ0v) is 8.00. The molecule has 2 rings (SSSR count). The van der Waals surface area contributed by atoms with Crippen molar-refractivity contribution in [1.29, 1.82) is 0 Å². The number of carbonyl (C=O) groups is 1. The lowest BCUT2D eigenvalue weighted by atomic mass is 10.0. The first-order chi connectivity index (χ1) is 6.36. The summed E-state index contributed by atoms with van der Waals surface area (Å²) in [5.41, 5.74) is 0. The van der Waals surface area contributed by atoms with Gasteiger partial charge in [-0.05, 0) is 25.2 Å². The SMILES string of the molecule is O=C(C[C@H]1CCOC1)N1CCCC1. The topological polar surface area (TPSA) is 29.5 Å². The van der Waals surface area contributed by atoms with Gasteiger partial charge in [-0.1, -0.05) is 0 Å². The molecule has 0 spiro atoms. The van der Waals surface area contributed by atoms with E-state index in [1.165, 1.54) is 12.8 Å². The van der Waals surface area contributed by atoms with Crippen molar-refractivity contribution in [3.8, 4) is 0 Å². The highest BCUT2D eigenvalue weighted by atomic mass is 16.5. The molecule has 3 heteroatoms. The number of ether oxygens (including phenoxy) is 1. The Morgan fingerprint density at radius 1 is 1.38 bits per heavy atom. The van der Waals surface area contributed by atoms with E-state index in [1.54, 1.807) is 0 Å². The van der Waals surface area contributed by atoms with E-state index >= 15 is 0 Å². The molecule has 2 heterocycles. The molecule has 74 valence electrons. The minimum Gasteiger partial charge on any atom is -0.381 e. The highest BCUT2D eigenvalue weighted by molar-refractivity contribution is 5.76. The molecule has 0 aromatic carbocycles. The summed E-state index contributed by atoms with van der Waals surface area (Å²) in [5, 5.41) is 0. The van der Waals surface area contributed by atoms with Crippen LogP contribution in [0.15, 0.2) is 0 Å². The highest BCUT2D eigenvalue weighted by Crippen LogP contribution is 2.19. The van der Waals surface area contributed by atoms with E-state index in [2.05, 4.69) is 0 Å². The van der Waals surface area contributed by atoms with E-state index in [4.69, 9.17) is 4.74 Å². The Kier molecular flexibility index (Phi) is 2.83. The minimum atomic E-state index is 0.341. The third kappa shape index (κ3) is 2.21. The van der Waals surface area contributed by atoms with Crippen LogP contribution in [-0.2, 0) is 9.53 Å². The monoisotopic (exact) mass is 183 g/mol. The fourth-order valence-electron chi connectivity index (χ4n) is 2.09. The first-order valence-electron chi connectivity index (χ1n) is 5.22. The normalized spacial score (nSPS) is 28.3. The van der Waals surface area contributed by atoms with Gasteiger partial charge in [-0.15, -0.1) is 0 Å². The Labute approximate surface area is 79.0 Å². The van der Waals surface area contributed by atoms with Crippen molar-refractivity contribution in [2.75, 3.05) is 26.3 Å². The van der Waals surface area contributed by atoms with Gasteiger partial charge in [0.2, 0.25) is 5.91 Å². The number of amides is 1. The average Bonchev–Trinajstić information content (AvgIpc) is 2.74. The van der Waals surface area contributed by atoms with Crippen LogP contribution in [0, 0.1) is 5.92 Å². The molecule has 0 bridgehead atoms. The van der Waals surface area contributed by atoms with Gasteiger partial charge in [0, 0.05) is 32.7 Å². The molecule has 0 N–H and O–H groups in total. The van der Waals surface area contributed by atoms with Crippen LogP contribution in [0.2, 0.25) is 0 Å². The third-order valence-electron chi connectivity index (χ3n) is 2.95. The van der Waals surface area contributed by atoms with Crippen molar-refractivity contribution in [3.05, 3.63) is 0 Å². The van der Waals surface area contributed by atoms with Crippen molar-refractivity contribution in [2.45, 2.75) is 25.7 Å². The van der Waals surface area contributed by atoms with E-state index in [0.717, 1.165) is 32.7 Å². The van der Waals surface area contributed by atoms with Crippen molar-refractivity contribution < 1.29 is 9.53 Å². The molecule has 0 aromatic heterocycles. The van der Waals surface area contributed by atoms with Gasteiger partial charge >= 0.3 is 0 Å². The molecule has 0 unspecified atom stereocenters. The number of hydrogen-bond donors (Lipinski definition) is 0. The van der Waals surface area contributed by atoms with Crippen LogP contribution < -0.4 is 0 Å². The summed E-state index contributed by atoms with van der Waals surface area (Å²) in [5.74, 6) is 0.834. The van der Waals surface area contributed by atoms with Gasteiger partial charge in [0.25, 0.3) is 0 Å². The Hall–Kier alpha value is -0.570. The molecular weight excluding hydrogens is 166 g/mol. The number of rotatable bonds is 2. The van der Waals surface area contributed by atoms with Crippen LogP contribution in [0.4, 0.5) is 0 Å². The van der Waals surface area contributed by atoms with E-state index in [0.29, 0.717) is 18.2 Å². The maximum atomic E-state index is 11.7. The summed E-state index contributed by atoms with van der Waals surface area (Å²) < 4.78 is 5.25. The van der Waals surface area contributed by atoms with Crippen LogP contribution >= 0.6 is 0 Å². The van der Waals surface area contributed by atoms with E-state index < -0.39 is 0 Å². The summed E-state index contributed by atoms with van der Waals surface area (Å²) in [7, 11) is 0. The number of carbonyl (C=O) groups excluding carboxylic acids is 1. The summed E-state index contributed by atoms with van der Waals surface area (Å²) in [6.07, 6.45) is 4.15. The number of hydrogen-bond acceptors (Lipinski definition) is 2. The van der Waals surface area contributed by atoms with Gasteiger partial charge in [0.05, 0.1) is 0 Å². The zero-order chi connectivity index (χ0) is 9.10. The molecule has 2 saturated heterocycles. The molecule has 2 fully saturated rings. The predicted molar refractivity (Wildman–Crippen MR) is 49.4 cm³/mol. The summed E-state index contributed by atoms with van der Waals surface area (Å²) in [6.45, 7) is 3.59. The Morgan fingerprint density at radius 3 is 2.77 bits per heavy atom. The second-order valence-corrected chi connectivity index (χ2v) is 4.02. The molecule has 1 amide bonds. The number of likely N-dealkylation sites (tertiary alicyclic amines) is 1. The molecule has 0 radical (unpaired) electrons. The van der Waals surface area contributed by atoms with Crippen molar-refractivity contribution in [1.82, 2.24) is 4.90 Å². The van der Waals surface area contributed by atoms with Gasteiger partial charge in [-0.3, -0.25) is 4.79 Å². The second-order valence-electron chi connectivity index (χ2n) is 4.02. The number of nitrogens with zero attached hydrogens (tertiary/aromatic N) is 1. The molecule has 13 heavy (non-hydrogen) atoms. The Balaban J connectivity index is 1.76. The molecule has 0 aliphatic carbocycles. The molecule has 0 aromatic rings. The van der Waals surface area contributed by atoms with E-state index in [1.807, 2.05) is 4.90 Å². The quantitative estimate of drug-likeness (QED) is 0.640. The Morgan fingerprint density at radius 2 is 2.15 bits per heavy atom. The standard InChI is InChI=1S/C10H17NO2/c12-10(11-4-1-2-5-11)7-9-3-6-13-8-9/h9H,1-8H2/t9-/m1/s1. The average molecular weight is 183 g/mol. The molecule has 2 aliphatic heterocycles. The summed E-state index contributed by atoms with van der Waals surface area (Å²) >= 11 is 0. The van der Waals surface area contributed by atoms with Gasteiger partial charge in [-0.25, -0.2) is 0 Å². The third-order valence-corrected chi connectivity index (χ3v) is 2.95. The summed E-state index contributed by atoms with van der Waals surface area (Å²) in [4.78, 5) is 13.7. The van der Waals surface area contributed by atoms with Crippen LogP contribution in [0.3, 0.4) is 0 Å². The zero-order valence-electron chi connectivity index (χ0n) is 8.00. The summed E-state index contributed by atoms with van der Waals surface area (Å²) in [6, 6.07) is 0. The van der Waals surface area contributed by atoms with E-state index in [9.17, 15) is 4.79 Å².